The van der Waals surface area contributed by atoms with Crippen LogP contribution >= 0.6 is 0 Å². The molecule has 1 aromatic rings. The second kappa shape index (κ2) is 4.12. The van der Waals surface area contributed by atoms with Crippen LogP contribution in [-0.4, -0.2) is 0 Å². The Morgan fingerprint density at radius 2 is 2.25 bits per heavy atom. The van der Waals surface area contributed by atoms with Gasteiger partial charge in [-0.05, 0) is 30.0 Å². The first-order valence-electron chi connectivity index (χ1n) is 4.34. The molecule has 0 aromatic heterocycles. The highest BCUT2D eigenvalue weighted by molar-refractivity contribution is 5.45. The van der Waals surface area contributed by atoms with E-state index in [0.29, 0.717) is 5.92 Å². The molecule has 66 valence electrons. The molecule has 3 N–H and O–H groups in total. The predicted molar refractivity (Wildman–Crippen MR) is 53.0 cm³/mol. The molecule has 0 aliphatic heterocycles. The van der Waals surface area contributed by atoms with Crippen molar-refractivity contribution in [3.05, 3.63) is 29.8 Å². The van der Waals surface area contributed by atoms with E-state index in [1.54, 1.807) is 0 Å². The molecule has 0 bridgehead atoms. The van der Waals surface area contributed by atoms with E-state index < -0.39 is 0 Å². The first-order valence-corrected chi connectivity index (χ1v) is 4.34. The Kier molecular flexibility index (Phi) is 3.11. The molecule has 1 aromatic carbocycles. The minimum Gasteiger partial charge on any atom is -0.324 e. The van der Waals surface area contributed by atoms with Gasteiger partial charge in [-0.1, -0.05) is 26.0 Å². The number of hydrogen-bond acceptors (Lipinski definition) is 2. The molecule has 0 saturated carbocycles. The highest BCUT2D eigenvalue weighted by Crippen LogP contribution is 2.20. The van der Waals surface area contributed by atoms with Gasteiger partial charge in [-0.3, -0.25) is 5.84 Å². The Morgan fingerprint density at radius 1 is 1.50 bits per heavy atom. The highest BCUT2D eigenvalue weighted by atomic mass is 15.2. The molecular weight excluding hydrogens is 148 g/mol. The van der Waals surface area contributed by atoms with Crippen molar-refractivity contribution in [1.82, 2.24) is 0 Å². The molecule has 0 fully saturated rings. The first kappa shape index (κ1) is 9.07. The van der Waals surface area contributed by atoms with Crippen molar-refractivity contribution in [3.63, 3.8) is 0 Å². The van der Waals surface area contributed by atoms with Gasteiger partial charge in [-0.2, -0.15) is 0 Å². The standard InChI is InChI=1S/C10H16N2/c1-3-8(2)9-5-4-6-10(7-9)12-11/h4-8,12H,3,11H2,1-2H3. The minimum absolute atomic E-state index is 0.610. The van der Waals surface area contributed by atoms with E-state index in [1.807, 2.05) is 12.1 Å². The van der Waals surface area contributed by atoms with Gasteiger partial charge in [0.15, 0.2) is 0 Å². The summed E-state index contributed by atoms with van der Waals surface area (Å²) in [5.41, 5.74) is 4.97. The maximum Gasteiger partial charge on any atom is 0.0487 e. The SMILES string of the molecule is CCC(C)c1cccc(NN)c1. The number of nitrogen functional groups attached to an aromatic ring is 1. The fraction of sp³-hybridized carbons (Fsp3) is 0.400. The van der Waals surface area contributed by atoms with Gasteiger partial charge in [0.1, 0.15) is 0 Å². The van der Waals surface area contributed by atoms with Crippen LogP contribution in [0.5, 0.6) is 0 Å². The maximum atomic E-state index is 5.31. The molecule has 1 unspecified atom stereocenters. The van der Waals surface area contributed by atoms with E-state index in [2.05, 4.69) is 31.4 Å². The van der Waals surface area contributed by atoms with Crippen molar-refractivity contribution in [2.45, 2.75) is 26.2 Å². The van der Waals surface area contributed by atoms with E-state index in [1.165, 1.54) is 5.56 Å². The zero-order chi connectivity index (χ0) is 8.97. The Labute approximate surface area is 73.8 Å². The number of nitrogens with one attached hydrogen (secondary N) is 1. The Bertz CT molecular complexity index is 245. The van der Waals surface area contributed by atoms with Crippen LogP contribution in [0.1, 0.15) is 31.7 Å². The van der Waals surface area contributed by atoms with Crippen LogP contribution in [0.3, 0.4) is 0 Å². The second-order valence-electron chi connectivity index (χ2n) is 3.08. The monoisotopic (exact) mass is 164 g/mol. The summed E-state index contributed by atoms with van der Waals surface area (Å²) in [6.07, 6.45) is 1.16. The average Bonchev–Trinajstić information content (AvgIpc) is 2.17. The summed E-state index contributed by atoms with van der Waals surface area (Å²) in [6, 6.07) is 8.21. The maximum absolute atomic E-state index is 5.31. The van der Waals surface area contributed by atoms with Gasteiger partial charge in [-0.15, -0.1) is 0 Å². The summed E-state index contributed by atoms with van der Waals surface area (Å²) < 4.78 is 0. The Morgan fingerprint density at radius 3 is 2.83 bits per heavy atom. The normalized spacial score (nSPS) is 12.6. The lowest BCUT2D eigenvalue weighted by Gasteiger charge is -2.09. The van der Waals surface area contributed by atoms with Gasteiger partial charge in [-0.25, -0.2) is 0 Å². The van der Waals surface area contributed by atoms with Gasteiger partial charge in [0.2, 0.25) is 0 Å². The molecule has 2 nitrogen and oxygen atoms in total. The predicted octanol–water partition coefficient (Wildman–Crippen LogP) is 2.49. The van der Waals surface area contributed by atoms with Crippen LogP contribution in [0.2, 0.25) is 0 Å². The molecule has 2 heteroatoms. The molecule has 0 aliphatic rings. The lowest BCUT2D eigenvalue weighted by molar-refractivity contribution is 0.734. The Balaban J connectivity index is 2.86. The van der Waals surface area contributed by atoms with Gasteiger partial charge >= 0.3 is 0 Å². The summed E-state index contributed by atoms with van der Waals surface area (Å²) in [4.78, 5) is 0. The molecule has 1 atom stereocenters. The van der Waals surface area contributed by atoms with Gasteiger partial charge in [0, 0.05) is 5.69 Å². The third kappa shape index (κ3) is 1.98. The molecular formula is C10H16N2. The van der Waals surface area contributed by atoms with Gasteiger partial charge in [0.05, 0.1) is 0 Å². The van der Waals surface area contributed by atoms with Gasteiger partial charge < -0.3 is 5.43 Å². The molecule has 12 heavy (non-hydrogen) atoms. The number of hydrogen-bond donors (Lipinski definition) is 2. The molecule has 0 saturated heterocycles. The number of anilines is 1. The molecule has 0 aliphatic carbocycles. The highest BCUT2D eigenvalue weighted by Gasteiger charge is 2.01. The number of rotatable bonds is 3. The van der Waals surface area contributed by atoms with Crippen LogP contribution in [0.4, 0.5) is 5.69 Å². The van der Waals surface area contributed by atoms with Crippen molar-refractivity contribution in [3.8, 4) is 0 Å². The van der Waals surface area contributed by atoms with E-state index in [0.717, 1.165) is 12.1 Å². The van der Waals surface area contributed by atoms with E-state index in [9.17, 15) is 0 Å². The number of benzene rings is 1. The topological polar surface area (TPSA) is 38.0 Å². The molecule has 0 heterocycles. The lowest BCUT2D eigenvalue weighted by atomic mass is 9.98. The summed E-state index contributed by atoms with van der Waals surface area (Å²) in [7, 11) is 0. The van der Waals surface area contributed by atoms with E-state index in [-0.39, 0.29) is 0 Å². The quantitative estimate of drug-likeness (QED) is 0.532. The van der Waals surface area contributed by atoms with Crippen LogP contribution in [0, 0.1) is 0 Å². The zero-order valence-electron chi connectivity index (χ0n) is 7.67. The van der Waals surface area contributed by atoms with Crippen molar-refractivity contribution < 1.29 is 0 Å². The molecule has 1 rings (SSSR count). The fourth-order valence-corrected chi connectivity index (χ4v) is 1.17. The van der Waals surface area contributed by atoms with Crippen LogP contribution in [0.15, 0.2) is 24.3 Å². The van der Waals surface area contributed by atoms with Crippen LogP contribution in [-0.2, 0) is 0 Å². The van der Waals surface area contributed by atoms with Crippen molar-refractivity contribution in [1.29, 1.82) is 0 Å². The van der Waals surface area contributed by atoms with Crippen molar-refractivity contribution in [2.75, 3.05) is 5.43 Å². The lowest BCUT2D eigenvalue weighted by Crippen LogP contribution is -2.07. The van der Waals surface area contributed by atoms with Gasteiger partial charge in [0.25, 0.3) is 0 Å². The first-order chi connectivity index (χ1) is 5.77. The fourth-order valence-electron chi connectivity index (χ4n) is 1.17. The van der Waals surface area contributed by atoms with E-state index in [4.69, 9.17) is 5.84 Å². The van der Waals surface area contributed by atoms with Crippen LogP contribution < -0.4 is 11.3 Å². The average molecular weight is 164 g/mol. The number of nitrogens with two attached hydrogens (primary N) is 1. The third-order valence-corrected chi connectivity index (χ3v) is 2.23. The summed E-state index contributed by atoms with van der Waals surface area (Å²) in [5.74, 6) is 5.92. The smallest absolute Gasteiger partial charge is 0.0487 e. The molecule has 0 radical (unpaired) electrons. The minimum atomic E-state index is 0.610. The van der Waals surface area contributed by atoms with Crippen LogP contribution in [0.25, 0.3) is 0 Å². The second-order valence-corrected chi connectivity index (χ2v) is 3.08. The number of hydrazine groups is 1. The largest absolute Gasteiger partial charge is 0.324 e. The summed E-state index contributed by atoms with van der Waals surface area (Å²) >= 11 is 0. The summed E-state index contributed by atoms with van der Waals surface area (Å²) in [5, 5.41) is 0. The van der Waals surface area contributed by atoms with Crippen molar-refractivity contribution in [2.24, 2.45) is 5.84 Å². The van der Waals surface area contributed by atoms with Crippen molar-refractivity contribution >= 4 is 5.69 Å². The Hall–Kier alpha value is -1.02. The zero-order valence-corrected chi connectivity index (χ0v) is 7.67. The van der Waals surface area contributed by atoms with E-state index >= 15 is 0 Å². The molecule has 0 spiro atoms. The molecule has 0 amide bonds. The summed E-state index contributed by atoms with van der Waals surface area (Å²) in [6.45, 7) is 4.41. The third-order valence-electron chi connectivity index (χ3n) is 2.23.